The first-order chi connectivity index (χ1) is 13.0. The first kappa shape index (κ1) is 16.0. The Bertz CT molecular complexity index is 1320. The van der Waals surface area contributed by atoms with Gasteiger partial charge in [-0.1, -0.05) is 42.0 Å². The summed E-state index contributed by atoms with van der Waals surface area (Å²) in [6, 6.07) is 16.1. The molecule has 0 aliphatic heterocycles. The van der Waals surface area contributed by atoms with Crippen LogP contribution in [0.3, 0.4) is 0 Å². The van der Waals surface area contributed by atoms with Crippen molar-refractivity contribution in [1.29, 1.82) is 0 Å². The van der Waals surface area contributed by atoms with Crippen molar-refractivity contribution in [2.45, 2.75) is 20.8 Å². The highest BCUT2D eigenvalue weighted by Gasteiger charge is 2.25. The molecule has 0 bridgehead atoms. The minimum Gasteiger partial charge on any atom is -0.289 e. The first-order valence-corrected chi connectivity index (χ1v) is 9.12. The van der Waals surface area contributed by atoms with Crippen LogP contribution in [0.5, 0.6) is 0 Å². The van der Waals surface area contributed by atoms with Crippen molar-refractivity contribution >= 4 is 23.2 Å². The van der Waals surface area contributed by atoms with Crippen molar-refractivity contribution in [2.75, 3.05) is 0 Å². The molecule has 0 fully saturated rings. The Hall–Kier alpha value is -3.26. The lowest BCUT2D eigenvalue weighted by Gasteiger charge is -2.21. The third-order valence-corrected chi connectivity index (χ3v) is 5.74. The molecule has 0 aromatic heterocycles. The van der Waals surface area contributed by atoms with Crippen LogP contribution >= 0.6 is 0 Å². The molecule has 0 unspecified atom stereocenters. The van der Waals surface area contributed by atoms with E-state index in [1.54, 1.807) is 6.08 Å². The highest BCUT2D eigenvalue weighted by molar-refractivity contribution is 6.28. The van der Waals surface area contributed by atoms with E-state index in [1.807, 2.05) is 51.1 Å². The smallest absolute Gasteiger partial charge is 0.189 e. The second kappa shape index (κ2) is 5.37. The van der Waals surface area contributed by atoms with E-state index in [2.05, 4.69) is 18.2 Å². The zero-order chi connectivity index (χ0) is 18.9. The van der Waals surface area contributed by atoms with Crippen molar-refractivity contribution in [3.63, 3.8) is 0 Å². The molecular formula is C25H18O2. The van der Waals surface area contributed by atoms with Crippen LogP contribution in [-0.2, 0) is 0 Å². The summed E-state index contributed by atoms with van der Waals surface area (Å²) < 4.78 is 0. The van der Waals surface area contributed by atoms with Crippen molar-refractivity contribution in [3.05, 3.63) is 81.2 Å². The van der Waals surface area contributed by atoms with Crippen molar-refractivity contribution in [2.24, 2.45) is 0 Å². The number of carbonyl (C=O) groups is 2. The number of hydrogen-bond acceptors (Lipinski definition) is 2. The molecule has 2 aliphatic rings. The maximum atomic E-state index is 12.9. The largest absolute Gasteiger partial charge is 0.289 e. The standard InChI is InChI=1S/C25H18O2/c1-13-7-8-18-21(9-13)22-10-16-11-23(26)24-14(2)5-4-6-17(24)20(16)12-19(22)15(3)25(18)27/h4-12H,1-3H3. The lowest BCUT2D eigenvalue weighted by Crippen LogP contribution is -2.27. The summed E-state index contributed by atoms with van der Waals surface area (Å²) in [5, 5.41) is 1.89. The summed E-state index contributed by atoms with van der Waals surface area (Å²) in [5.74, 6) is 0.130. The molecule has 0 N–H and O–H groups in total. The number of Topliss-reactive ketones (excluding diaryl/α,β-unsaturated/α-hetero) is 2. The Morgan fingerprint density at radius 1 is 0.704 bits per heavy atom. The first-order valence-electron chi connectivity index (χ1n) is 9.12. The van der Waals surface area contributed by atoms with Gasteiger partial charge in [-0.25, -0.2) is 0 Å². The normalized spacial score (nSPS) is 14.1. The van der Waals surface area contributed by atoms with Gasteiger partial charge in [0.25, 0.3) is 0 Å². The fourth-order valence-corrected chi connectivity index (χ4v) is 4.34. The van der Waals surface area contributed by atoms with E-state index in [9.17, 15) is 9.59 Å². The van der Waals surface area contributed by atoms with Crippen LogP contribution in [-0.4, -0.2) is 11.6 Å². The molecule has 0 amide bonds. The van der Waals surface area contributed by atoms with E-state index in [0.29, 0.717) is 0 Å². The Morgan fingerprint density at radius 2 is 1.52 bits per heavy atom. The molecule has 27 heavy (non-hydrogen) atoms. The van der Waals surface area contributed by atoms with Crippen LogP contribution in [0.2, 0.25) is 0 Å². The van der Waals surface area contributed by atoms with Gasteiger partial charge in [0.2, 0.25) is 0 Å². The number of rotatable bonds is 0. The van der Waals surface area contributed by atoms with Crippen LogP contribution < -0.4 is 10.4 Å². The monoisotopic (exact) mass is 350 g/mol. The molecule has 2 heteroatoms. The van der Waals surface area contributed by atoms with Gasteiger partial charge >= 0.3 is 0 Å². The van der Waals surface area contributed by atoms with Crippen molar-refractivity contribution in [3.8, 4) is 22.3 Å². The van der Waals surface area contributed by atoms with Crippen LogP contribution in [0.1, 0.15) is 38.8 Å². The average Bonchev–Trinajstić information content (AvgIpc) is 2.65. The number of fused-ring (bicyclic) bond motifs is 6. The predicted molar refractivity (Wildman–Crippen MR) is 108 cm³/mol. The van der Waals surface area contributed by atoms with Gasteiger partial charge in [0, 0.05) is 16.7 Å². The molecular weight excluding hydrogens is 332 g/mol. The zero-order valence-electron chi connectivity index (χ0n) is 15.5. The Morgan fingerprint density at radius 3 is 2.33 bits per heavy atom. The summed E-state index contributed by atoms with van der Waals surface area (Å²) in [7, 11) is 0. The quantitative estimate of drug-likeness (QED) is 0.614. The third kappa shape index (κ3) is 2.13. The van der Waals surface area contributed by atoms with Crippen molar-refractivity contribution < 1.29 is 9.59 Å². The van der Waals surface area contributed by atoms with Crippen LogP contribution in [0, 0.1) is 13.8 Å². The Labute approximate surface area is 157 Å². The highest BCUT2D eigenvalue weighted by atomic mass is 16.1. The molecule has 3 aromatic rings. The molecule has 0 radical (unpaired) electrons. The molecule has 0 atom stereocenters. The van der Waals surface area contributed by atoms with E-state index in [0.717, 1.165) is 60.5 Å². The number of benzene rings is 3. The SMILES string of the molecule is CC1=c2cc3c(cc2-c2cc(C)ccc2C1=O)=CC(=O)c1c(C)cccc1-3. The summed E-state index contributed by atoms with van der Waals surface area (Å²) >= 11 is 0. The number of aryl methyl sites for hydroxylation is 2. The molecule has 0 heterocycles. The molecule has 5 rings (SSSR count). The lowest BCUT2D eigenvalue weighted by atomic mass is 9.81. The lowest BCUT2D eigenvalue weighted by molar-refractivity contribution is 0.104. The fourth-order valence-electron chi connectivity index (χ4n) is 4.34. The van der Waals surface area contributed by atoms with E-state index in [1.165, 1.54) is 0 Å². The zero-order valence-corrected chi connectivity index (χ0v) is 15.5. The van der Waals surface area contributed by atoms with Crippen LogP contribution in [0.4, 0.5) is 0 Å². The van der Waals surface area contributed by atoms with E-state index in [4.69, 9.17) is 0 Å². The molecule has 3 aromatic carbocycles. The average molecular weight is 350 g/mol. The van der Waals surface area contributed by atoms with Gasteiger partial charge < -0.3 is 0 Å². The predicted octanol–water partition coefficient (Wildman–Crippen LogP) is 3.98. The minimum absolute atomic E-state index is 0.0487. The molecule has 0 saturated heterocycles. The summed E-state index contributed by atoms with van der Waals surface area (Å²) in [6.07, 6.45) is 1.73. The van der Waals surface area contributed by atoms with Gasteiger partial charge in [0.05, 0.1) is 0 Å². The topological polar surface area (TPSA) is 34.1 Å². The molecule has 2 nitrogen and oxygen atoms in total. The Kier molecular flexibility index (Phi) is 3.17. The third-order valence-electron chi connectivity index (χ3n) is 5.74. The maximum Gasteiger partial charge on any atom is 0.189 e. The van der Waals surface area contributed by atoms with Gasteiger partial charge in [-0.15, -0.1) is 0 Å². The van der Waals surface area contributed by atoms with Gasteiger partial charge in [-0.3, -0.25) is 9.59 Å². The van der Waals surface area contributed by atoms with E-state index < -0.39 is 0 Å². The fraction of sp³-hybridized carbons (Fsp3) is 0.120. The van der Waals surface area contributed by atoms with Gasteiger partial charge in [-0.2, -0.15) is 0 Å². The molecule has 0 saturated carbocycles. The molecule has 0 spiro atoms. The minimum atomic E-state index is 0.0487. The highest BCUT2D eigenvalue weighted by Crippen LogP contribution is 2.32. The Balaban J connectivity index is 1.93. The second-order valence-corrected chi connectivity index (χ2v) is 7.49. The van der Waals surface area contributed by atoms with Gasteiger partial charge in [-0.05, 0) is 77.2 Å². The number of carbonyl (C=O) groups excluding carboxylic acids is 2. The number of ketones is 2. The maximum absolute atomic E-state index is 12.9. The van der Waals surface area contributed by atoms with E-state index in [-0.39, 0.29) is 11.6 Å². The van der Waals surface area contributed by atoms with Gasteiger partial charge in [0.1, 0.15) is 0 Å². The second-order valence-electron chi connectivity index (χ2n) is 7.49. The molecule has 130 valence electrons. The van der Waals surface area contributed by atoms with Gasteiger partial charge in [0.15, 0.2) is 11.6 Å². The van der Waals surface area contributed by atoms with Crippen LogP contribution in [0.15, 0.2) is 48.5 Å². The van der Waals surface area contributed by atoms with Crippen molar-refractivity contribution in [1.82, 2.24) is 0 Å². The summed E-state index contributed by atoms with van der Waals surface area (Å²) in [6.45, 7) is 5.89. The summed E-state index contributed by atoms with van der Waals surface area (Å²) in [4.78, 5) is 25.6. The summed E-state index contributed by atoms with van der Waals surface area (Å²) in [5.41, 5.74) is 8.33. The molecule has 2 aliphatic carbocycles. The van der Waals surface area contributed by atoms with E-state index >= 15 is 0 Å². The number of hydrogen-bond donors (Lipinski definition) is 0. The van der Waals surface area contributed by atoms with Crippen LogP contribution in [0.25, 0.3) is 33.9 Å².